The molecule has 1 aromatic heterocycles. The van der Waals surface area contributed by atoms with Gasteiger partial charge in [0.25, 0.3) is 5.91 Å². The number of amides is 1. The number of aliphatic hydroxyl groups is 1. The van der Waals surface area contributed by atoms with E-state index in [4.69, 9.17) is 0 Å². The van der Waals surface area contributed by atoms with E-state index >= 15 is 0 Å². The minimum atomic E-state index is -0.814. The van der Waals surface area contributed by atoms with Crippen LogP contribution in [0.15, 0.2) is 66.7 Å². The summed E-state index contributed by atoms with van der Waals surface area (Å²) in [5.41, 5.74) is 7.99. The van der Waals surface area contributed by atoms with Crippen molar-refractivity contribution in [1.29, 1.82) is 0 Å². The Morgan fingerprint density at radius 3 is 2.21 bits per heavy atom. The van der Waals surface area contributed by atoms with Crippen LogP contribution in [0.25, 0.3) is 11.1 Å². The van der Waals surface area contributed by atoms with Crippen molar-refractivity contribution in [3.05, 3.63) is 99.6 Å². The molecule has 0 radical (unpaired) electrons. The van der Waals surface area contributed by atoms with Crippen molar-refractivity contribution in [3.63, 3.8) is 0 Å². The molecule has 1 unspecified atom stereocenters. The smallest absolute Gasteiger partial charge is 0.267 e. The highest BCUT2D eigenvalue weighted by atomic mass is 32.1. The standard InChI is InChI=1S/C28H29N3O2S/c1-17-14-18(2)25(19(3)15-17)31-27(33)26-20(4)29-28(34-26)30-24(32)16-21-10-12-23(13-11-21)22-8-6-5-7-9-22/h5-15,24,32H,16H2,1-4H3,(H,29,30)(H,31,33). The van der Waals surface area contributed by atoms with E-state index in [2.05, 4.69) is 52.0 Å². The lowest BCUT2D eigenvalue weighted by Gasteiger charge is -2.13. The van der Waals surface area contributed by atoms with Gasteiger partial charge in [0, 0.05) is 12.1 Å². The first-order chi connectivity index (χ1) is 16.3. The van der Waals surface area contributed by atoms with E-state index in [0.717, 1.165) is 39.1 Å². The van der Waals surface area contributed by atoms with Crippen molar-refractivity contribution >= 4 is 28.1 Å². The number of hydrogen-bond acceptors (Lipinski definition) is 5. The summed E-state index contributed by atoms with van der Waals surface area (Å²) >= 11 is 1.25. The van der Waals surface area contributed by atoms with Gasteiger partial charge in [-0.1, -0.05) is 83.6 Å². The molecule has 0 aliphatic rings. The van der Waals surface area contributed by atoms with Gasteiger partial charge in [-0.3, -0.25) is 4.79 Å². The van der Waals surface area contributed by atoms with Crippen molar-refractivity contribution in [1.82, 2.24) is 4.98 Å². The lowest BCUT2D eigenvalue weighted by atomic mass is 10.0. The lowest BCUT2D eigenvalue weighted by Crippen LogP contribution is -2.21. The van der Waals surface area contributed by atoms with E-state index in [9.17, 15) is 9.90 Å². The number of hydrogen-bond donors (Lipinski definition) is 3. The van der Waals surface area contributed by atoms with Crippen LogP contribution in [-0.4, -0.2) is 22.2 Å². The van der Waals surface area contributed by atoms with Gasteiger partial charge in [0.15, 0.2) is 5.13 Å². The number of thiazole rings is 1. The number of nitrogens with one attached hydrogen (secondary N) is 2. The third kappa shape index (κ3) is 5.53. The van der Waals surface area contributed by atoms with Gasteiger partial charge < -0.3 is 15.7 Å². The van der Waals surface area contributed by atoms with Crippen molar-refractivity contribution in [2.45, 2.75) is 40.3 Å². The molecule has 0 saturated carbocycles. The largest absolute Gasteiger partial charge is 0.373 e. The summed E-state index contributed by atoms with van der Waals surface area (Å²) in [6.45, 7) is 7.83. The molecule has 3 aromatic carbocycles. The van der Waals surface area contributed by atoms with Crippen molar-refractivity contribution in [3.8, 4) is 11.1 Å². The highest BCUT2D eigenvalue weighted by molar-refractivity contribution is 7.17. The number of nitrogens with zero attached hydrogens (tertiary/aromatic N) is 1. The summed E-state index contributed by atoms with van der Waals surface area (Å²) in [6, 6.07) is 22.4. The highest BCUT2D eigenvalue weighted by Crippen LogP contribution is 2.27. The zero-order valence-corrected chi connectivity index (χ0v) is 20.7. The number of benzene rings is 3. The molecule has 0 bridgehead atoms. The second kappa shape index (κ2) is 10.2. The van der Waals surface area contributed by atoms with Crippen LogP contribution in [0.1, 0.15) is 37.6 Å². The van der Waals surface area contributed by atoms with Gasteiger partial charge in [-0.2, -0.15) is 0 Å². The zero-order valence-electron chi connectivity index (χ0n) is 19.8. The first-order valence-electron chi connectivity index (χ1n) is 11.3. The quantitative estimate of drug-likeness (QED) is 0.278. The minimum Gasteiger partial charge on any atom is -0.373 e. The summed E-state index contributed by atoms with van der Waals surface area (Å²) in [5, 5.41) is 17.2. The summed E-state index contributed by atoms with van der Waals surface area (Å²) in [7, 11) is 0. The van der Waals surface area contributed by atoms with Crippen LogP contribution in [0.3, 0.4) is 0 Å². The molecule has 0 saturated heterocycles. The number of aromatic nitrogens is 1. The predicted octanol–water partition coefficient (Wildman–Crippen LogP) is 6.27. The molecule has 34 heavy (non-hydrogen) atoms. The van der Waals surface area contributed by atoms with Gasteiger partial charge in [0.1, 0.15) is 11.1 Å². The Bertz CT molecular complexity index is 1270. The lowest BCUT2D eigenvalue weighted by molar-refractivity contribution is 0.102. The third-order valence-electron chi connectivity index (χ3n) is 5.70. The van der Waals surface area contributed by atoms with E-state index in [-0.39, 0.29) is 5.91 Å². The molecule has 0 aliphatic heterocycles. The number of anilines is 2. The van der Waals surface area contributed by atoms with Crippen LogP contribution in [0.5, 0.6) is 0 Å². The Morgan fingerprint density at radius 2 is 1.56 bits per heavy atom. The molecule has 0 fully saturated rings. The Morgan fingerprint density at radius 1 is 0.941 bits per heavy atom. The number of aryl methyl sites for hydroxylation is 4. The molecule has 1 amide bonds. The van der Waals surface area contributed by atoms with Crippen LogP contribution >= 0.6 is 11.3 Å². The van der Waals surface area contributed by atoms with Crippen molar-refractivity contribution in [2.24, 2.45) is 0 Å². The molecule has 4 aromatic rings. The Balaban J connectivity index is 1.40. The minimum absolute atomic E-state index is 0.191. The average molecular weight is 472 g/mol. The van der Waals surface area contributed by atoms with Crippen LogP contribution in [-0.2, 0) is 6.42 Å². The molecular weight excluding hydrogens is 442 g/mol. The average Bonchev–Trinajstić information content (AvgIpc) is 3.17. The maximum atomic E-state index is 12.9. The molecule has 1 atom stereocenters. The Hall–Kier alpha value is -3.48. The van der Waals surface area contributed by atoms with E-state index in [1.165, 1.54) is 11.3 Å². The molecule has 4 rings (SSSR count). The SMILES string of the molecule is Cc1cc(C)c(NC(=O)c2sc(NC(O)Cc3ccc(-c4ccccc4)cc3)nc2C)c(C)c1. The molecule has 1 heterocycles. The topological polar surface area (TPSA) is 74.2 Å². The second-order valence-corrected chi connectivity index (χ2v) is 9.59. The van der Waals surface area contributed by atoms with Crippen LogP contribution in [0.4, 0.5) is 10.8 Å². The first kappa shape index (κ1) is 23.7. The monoisotopic (exact) mass is 471 g/mol. The van der Waals surface area contributed by atoms with Gasteiger partial charge in [0.2, 0.25) is 0 Å². The normalized spacial score (nSPS) is 11.8. The van der Waals surface area contributed by atoms with E-state index in [1.54, 1.807) is 6.92 Å². The maximum absolute atomic E-state index is 12.9. The van der Waals surface area contributed by atoms with E-state index in [1.807, 2.05) is 51.1 Å². The van der Waals surface area contributed by atoms with Gasteiger partial charge in [-0.05, 0) is 55.5 Å². The third-order valence-corrected chi connectivity index (χ3v) is 6.79. The predicted molar refractivity (Wildman–Crippen MR) is 141 cm³/mol. The fraction of sp³-hybridized carbons (Fsp3) is 0.214. The van der Waals surface area contributed by atoms with Crippen LogP contribution in [0.2, 0.25) is 0 Å². The summed E-state index contributed by atoms with van der Waals surface area (Å²) < 4.78 is 0. The number of carbonyl (C=O) groups excluding carboxylic acids is 1. The van der Waals surface area contributed by atoms with E-state index < -0.39 is 6.23 Å². The Kier molecular flexibility index (Phi) is 7.10. The molecule has 3 N–H and O–H groups in total. The molecule has 174 valence electrons. The molecular formula is C28H29N3O2S. The summed E-state index contributed by atoms with van der Waals surface area (Å²) in [5.74, 6) is -0.191. The zero-order chi connectivity index (χ0) is 24.2. The van der Waals surface area contributed by atoms with Gasteiger partial charge in [-0.25, -0.2) is 4.98 Å². The number of aliphatic hydroxyl groups excluding tert-OH is 1. The molecule has 0 aliphatic carbocycles. The van der Waals surface area contributed by atoms with Crippen LogP contribution < -0.4 is 10.6 Å². The summed E-state index contributed by atoms with van der Waals surface area (Å²) in [4.78, 5) is 17.9. The van der Waals surface area contributed by atoms with Gasteiger partial charge in [-0.15, -0.1) is 0 Å². The maximum Gasteiger partial charge on any atom is 0.267 e. The fourth-order valence-electron chi connectivity index (χ4n) is 4.10. The second-order valence-electron chi connectivity index (χ2n) is 8.59. The Labute approximate surface area is 204 Å². The van der Waals surface area contributed by atoms with Gasteiger partial charge in [0.05, 0.1) is 5.69 Å². The van der Waals surface area contributed by atoms with Crippen LogP contribution in [0, 0.1) is 27.7 Å². The first-order valence-corrected chi connectivity index (χ1v) is 12.1. The highest BCUT2D eigenvalue weighted by Gasteiger charge is 2.18. The van der Waals surface area contributed by atoms with Crippen molar-refractivity contribution in [2.75, 3.05) is 10.6 Å². The van der Waals surface area contributed by atoms with E-state index in [0.29, 0.717) is 22.1 Å². The number of carbonyl (C=O) groups is 1. The molecule has 0 spiro atoms. The van der Waals surface area contributed by atoms with Gasteiger partial charge >= 0.3 is 0 Å². The fourth-order valence-corrected chi connectivity index (χ4v) is 5.00. The molecule has 5 nitrogen and oxygen atoms in total. The van der Waals surface area contributed by atoms with Crippen molar-refractivity contribution < 1.29 is 9.90 Å². The number of rotatable bonds is 7. The molecule has 6 heteroatoms. The summed E-state index contributed by atoms with van der Waals surface area (Å²) in [6.07, 6.45) is -0.387.